The number of fused-ring (bicyclic) bond motifs is 1. The first kappa shape index (κ1) is 27.8. The van der Waals surface area contributed by atoms with E-state index in [-0.39, 0.29) is 30.0 Å². The summed E-state index contributed by atoms with van der Waals surface area (Å²) in [5.74, 6) is 0.846. The van der Waals surface area contributed by atoms with E-state index < -0.39 is 11.9 Å². The largest absolute Gasteiger partial charge is 0.434 e. The van der Waals surface area contributed by atoms with Crippen molar-refractivity contribution < 1.29 is 17.9 Å². The molecule has 0 aliphatic carbocycles. The lowest BCUT2D eigenvalue weighted by Crippen LogP contribution is -2.31. The van der Waals surface area contributed by atoms with Crippen LogP contribution in [-0.2, 0) is 24.5 Å². The summed E-state index contributed by atoms with van der Waals surface area (Å²) in [4.78, 5) is 31.8. The molecule has 0 radical (unpaired) electrons. The predicted octanol–water partition coefficient (Wildman–Crippen LogP) is 5.60. The summed E-state index contributed by atoms with van der Waals surface area (Å²) < 4.78 is 49.8. The lowest BCUT2D eigenvalue weighted by Gasteiger charge is -2.23. The fourth-order valence-electron chi connectivity index (χ4n) is 5.51. The number of nitrogens with zero attached hydrogens (tertiary/aromatic N) is 7. The number of benzene rings is 1. The summed E-state index contributed by atoms with van der Waals surface area (Å²) in [5.41, 5.74) is 3.03. The molecular formula is C30H30F3N7O2. The molecule has 9 nitrogen and oxygen atoms in total. The molecule has 0 N–H and O–H groups in total. The van der Waals surface area contributed by atoms with Crippen LogP contribution in [0.25, 0.3) is 33.9 Å². The second-order valence-corrected chi connectivity index (χ2v) is 10.8. The van der Waals surface area contributed by atoms with Crippen LogP contribution in [0.1, 0.15) is 55.6 Å². The number of aryl methyl sites for hydroxylation is 1. The zero-order valence-electron chi connectivity index (χ0n) is 23.5. The van der Waals surface area contributed by atoms with Crippen LogP contribution in [0.2, 0.25) is 0 Å². The molecule has 0 atom stereocenters. The van der Waals surface area contributed by atoms with Gasteiger partial charge >= 0.3 is 11.9 Å². The molecule has 0 unspecified atom stereocenters. The van der Waals surface area contributed by atoms with Crippen molar-refractivity contribution in [2.75, 3.05) is 13.2 Å². The van der Waals surface area contributed by atoms with Crippen LogP contribution in [0, 0.1) is 0 Å². The van der Waals surface area contributed by atoms with Crippen molar-refractivity contribution in [1.29, 1.82) is 0 Å². The lowest BCUT2D eigenvalue weighted by molar-refractivity contribution is -0.140. The van der Waals surface area contributed by atoms with E-state index in [1.807, 2.05) is 12.1 Å². The molecule has 1 fully saturated rings. The zero-order chi connectivity index (χ0) is 29.6. The number of pyridine rings is 1. The molecule has 1 aromatic carbocycles. The number of ether oxygens (including phenoxy) is 1. The molecular weight excluding hydrogens is 547 g/mol. The maximum Gasteiger partial charge on any atom is 0.434 e. The highest BCUT2D eigenvalue weighted by molar-refractivity contribution is 5.74. The maximum atomic E-state index is 13.9. The Morgan fingerprint density at radius 1 is 1.05 bits per heavy atom. The minimum atomic E-state index is -4.53. The van der Waals surface area contributed by atoms with E-state index in [4.69, 9.17) is 9.72 Å². The second kappa shape index (κ2) is 10.8. The number of hydrogen-bond acceptors (Lipinski definition) is 6. The Bertz CT molecular complexity index is 1800. The number of rotatable bonds is 6. The minimum absolute atomic E-state index is 0.0392. The number of aromatic nitrogens is 7. The Labute approximate surface area is 239 Å². The molecule has 12 heteroatoms. The van der Waals surface area contributed by atoms with Crippen molar-refractivity contribution in [3.8, 4) is 22.8 Å². The molecule has 4 aromatic heterocycles. The van der Waals surface area contributed by atoms with E-state index in [1.165, 1.54) is 11.6 Å². The molecule has 5 heterocycles. The van der Waals surface area contributed by atoms with Crippen LogP contribution in [0.5, 0.6) is 0 Å². The van der Waals surface area contributed by atoms with E-state index in [2.05, 4.69) is 28.8 Å². The van der Waals surface area contributed by atoms with Gasteiger partial charge in [0.1, 0.15) is 11.3 Å². The van der Waals surface area contributed by atoms with Gasteiger partial charge in [0.05, 0.1) is 18.4 Å². The van der Waals surface area contributed by atoms with Crippen molar-refractivity contribution in [3.63, 3.8) is 0 Å². The number of halogens is 3. The first-order valence-electron chi connectivity index (χ1n) is 13.8. The second-order valence-electron chi connectivity index (χ2n) is 10.8. The summed E-state index contributed by atoms with van der Waals surface area (Å²) in [6.07, 6.45) is 1.32. The summed E-state index contributed by atoms with van der Waals surface area (Å²) in [5, 5.41) is 0. The molecule has 1 aliphatic rings. The zero-order valence-corrected chi connectivity index (χ0v) is 23.5. The van der Waals surface area contributed by atoms with Crippen LogP contribution < -0.4 is 5.69 Å². The van der Waals surface area contributed by atoms with Gasteiger partial charge in [-0.1, -0.05) is 38.1 Å². The van der Waals surface area contributed by atoms with E-state index in [9.17, 15) is 18.0 Å². The first-order chi connectivity index (χ1) is 20.1. The maximum absolute atomic E-state index is 13.9. The van der Waals surface area contributed by atoms with Crippen molar-refractivity contribution >= 4 is 11.2 Å². The summed E-state index contributed by atoms with van der Waals surface area (Å²) in [6.45, 7) is 5.48. The van der Waals surface area contributed by atoms with Gasteiger partial charge in [0.15, 0.2) is 17.2 Å². The van der Waals surface area contributed by atoms with Crippen LogP contribution >= 0.6 is 0 Å². The molecule has 6 rings (SSSR count). The average Bonchev–Trinajstić information content (AvgIpc) is 3.51. The third-order valence-electron chi connectivity index (χ3n) is 7.60. The van der Waals surface area contributed by atoms with Gasteiger partial charge in [0.2, 0.25) is 0 Å². The topological polar surface area (TPSA) is 92.7 Å². The Balaban J connectivity index is 1.42. The number of imidazole rings is 2. The van der Waals surface area contributed by atoms with Gasteiger partial charge in [-0.3, -0.25) is 14.1 Å². The van der Waals surface area contributed by atoms with Crippen LogP contribution in [0.15, 0.2) is 59.8 Å². The quantitative estimate of drug-likeness (QED) is 0.261. The van der Waals surface area contributed by atoms with Crippen LogP contribution in [0.3, 0.4) is 0 Å². The Morgan fingerprint density at radius 2 is 1.79 bits per heavy atom. The van der Waals surface area contributed by atoms with Crippen molar-refractivity contribution in [2.24, 2.45) is 7.05 Å². The molecule has 0 amide bonds. The molecule has 42 heavy (non-hydrogen) atoms. The van der Waals surface area contributed by atoms with E-state index >= 15 is 0 Å². The van der Waals surface area contributed by atoms with Gasteiger partial charge in [-0.05, 0) is 36.5 Å². The van der Waals surface area contributed by atoms with Crippen molar-refractivity contribution in [3.05, 3.63) is 82.4 Å². The number of alkyl halides is 3. The van der Waals surface area contributed by atoms with Crippen molar-refractivity contribution in [2.45, 2.75) is 51.4 Å². The van der Waals surface area contributed by atoms with Crippen molar-refractivity contribution in [1.82, 2.24) is 33.6 Å². The SMILES string of the molecule is CC(C)c1ncccc1-c1ncc2c(n1)n(Cc1ccc(-c3nc(C(F)(F)F)cn3C)cc1)c(=O)n2C1CCOCC1. The first-order valence-corrected chi connectivity index (χ1v) is 13.8. The van der Waals surface area contributed by atoms with Crippen LogP contribution in [-0.4, -0.2) is 46.9 Å². The highest BCUT2D eigenvalue weighted by Gasteiger charge is 2.34. The molecule has 1 aliphatic heterocycles. The third kappa shape index (κ3) is 5.11. The molecule has 0 bridgehead atoms. The van der Waals surface area contributed by atoms with Gasteiger partial charge < -0.3 is 9.30 Å². The smallest absolute Gasteiger partial charge is 0.381 e. The summed E-state index contributed by atoms with van der Waals surface area (Å²) >= 11 is 0. The van der Waals surface area contributed by atoms with Gasteiger partial charge in [0.25, 0.3) is 0 Å². The minimum Gasteiger partial charge on any atom is -0.381 e. The Kier molecular flexibility index (Phi) is 7.17. The summed E-state index contributed by atoms with van der Waals surface area (Å²) in [6, 6.07) is 10.8. The van der Waals surface area contributed by atoms with Crippen LogP contribution in [0.4, 0.5) is 13.2 Å². The van der Waals surface area contributed by atoms with E-state index in [1.54, 1.807) is 45.8 Å². The van der Waals surface area contributed by atoms with Gasteiger partial charge in [-0.15, -0.1) is 0 Å². The number of hydrogen-bond donors (Lipinski definition) is 0. The molecule has 218 valence electrons. The summed E-state index contributed by atoms with van der Waals surface area (Å²) in [7, 11) is 1.53. The molecule has 0 spiro atoms. The van der Waals surface area contributed by atoms with E-state index in [0.717, 1.165) is 23.0 Å². The fraction of sp³-hybridized carbons (Fsp3) is 0.367. The van der Waals surface area contributed by atoms with Gasteiger partial charge in [-0.25, -0.2) is 19.7 Å². The van der Waals surface area contributed by atoms with E-state index in [0.29, 0.717) is 48.6 Å². The molecule has 1 saturated heterocycles. The predicted molar refractivity (Wildman–Crippen MR) is 151 cm³/mol. The Morgan fingerprint density at radius 3 is 2.45 bits per heavy atom. The van der Waals surface area contributed by atoms with Gasteiger partial charge in [-0.2, -0.15) is 13.2 Å². The fourth-order valence-corrected chi connectivity index (χ4v) is 5.51. The standard InChI is InChI=1S/C30H30F3N7O2/c1-18(2)25-22(5-4-12-34-25)26-35-15-23-28(37-26)39(29(41)40(23)21-10-13-42-14-11-21)16-19-6-8-20(9-7-19)27-36-24(17-38(27)3)30(31,32)33/h4-9,12,15,17-18,21H,10-11,13-14,16H2,1-3H3. The van der Waals surface area contributed by atoms with Gasteiger partial charge in [0, 0.05) is 49.8 Å². The Hall–Kier alpha value is -4.32. The normalized spacial score (nSPS) is 14.7. The lowest BCUT2D eigenvalue weighted by atomic mass is 10.0. The average molecular weight is 578 g/mol. The monoisotopic (exact) mass is 577 g/mol. The highest BCUT2D eigenvalue weighted by atomic mass is 19.4. The molecule has 5 aromatic rings. The third-order valence-corrected chi connectivity index (χ3v) is 7.60. The highest BCUT2D eigenvalue weighted by Crippen LogP contribution is 2.31. The molecule has 0 saturated carbocycles.